The molecule has 1 atom stereocenters. The second kappa shape index (κ2) is 7.41. The number of aromatic nitrogens is 3. The average molecular weight is 441 g/mol. The van der Waals surface area contributed by atoms with Crippen molar-refractivity contribution in [3.63, 3.8) is 0 Å². The predicted molar refractivity (Wildman–Crippen MR) is 132 cm³/mol. The number of allylic oxidation sites excluding steroid dienone is 2. The zero-order valence-electron chi connectivity index (χ0n) is 20.4. The molecular weight excluding hydrogens is 408 g/mol. The second-order valence-electron chi connectivity index (χ2n) is 11.2. The summed E-state index contributed by atoms with van der Waals surface area (Å²) in [5.41, 5.74) is 6.32. The zero-order chi connectivity index (χ0) is 23.5. The maximum Gasteiger partial charge on any atom is 0.226 e. The maximum absolute atomic E-state index is 13.4. The van der Waals surface area contributed by atoms with Crippen LogP contribution >= 0.6 is 0 Å². The summed E-state index contributed by atoms with van der Waals surface area (Å²) in [5, 5.41) is 8.41. The Morgan fingerprint density at radius 2 is 1.73 bits per heavy atom. The minimum Gasteiger partial charge on any atom is -0.328 e. The van der Waals surface area contributed by atoms with E-state index in [4.69, 9.17) is 10.1 Å². The van der Waals surface area contributed by atoms with Crippen LogP contribution in [-0.2, 0) is 10.2 Å². The number of nitrogens with zero attached hydrogens (tertiary/aromatic N) is 3. The molecular formula is C28H32N4O. The first-order chi connectivity index (χ1) is 15.5. The van der Waals surface area contributed by atoms with Gasteiger partial charge in [0, 0.05) is 23.3 Å². The largest absolute Gasteiger partial charge is 0.328 e. The summed E-state index contributed by atoms with van der Waals surface area (Å²) in [7, 11) is 0. The fraction of sp³-hybridized carbons (Fsp3) is 0.393. The Balaban J connectivity index is 1.64. The third kappa shape index (κ3) is 3.79. The van der Waals surface area contributed by atoms with E-state index in [9.17, 15) is 4.79 Å². The molecule has 0 radical (unpaired) electrons. The lowest BCUT2D eigenvalue weighted by atomic mass is 9.73. The van der Waals surface area contributed by atoms with Crippen LogP contribution in [0.25, 0.3) is 11.4 Å². The minimum atomic E-state index is -0.267. The van der Waals surface area contributed by atoms with Crippen molar-refractivity contribution in [2.75, 3.05) is 5.32 Å². The Kier molecular flexibility index (Phi) is 4.85. The Morgan fingerprint density at radius 3 is 2.39 bits per heavy atom. The van der Waals surface area contributed by atoms with Gasteiger partial charge >= 0.3 is 0 Å². The minimum absolute atomic E-state index is 0.0764. The number of hydrogen-bond acceptors (Lipinski definition) is 4. The molecule has 1 aromatic heterocycles. The van der Waals surface area contributed by atoms with E-state index in [1.54, 1.807) is 0 Å². The van der Waals surface area contributed by atoms with Crippen molar-refractivity contribution in [2.45, 2.75) is 65.8 Å². The van der Waals surface area contributed by atoms with E-state index < -0.39 is 0 Å². The van der Waals surface area contributed by atoms with Gasteiger partial charge in [0.25, 0.3) is 0 Å². The molecule has 5 rings (SSSR count). The molecule has 0 amide bonds. The van der Waals surface area contributed by atoms with Crippen LogP contribution < -0.4 is 5.32 Å². The summed E-state index contributed by atoms with van der Waals surface area (Å²) >= 11 is 0. The molecule has 2 heterocycles. The fourth-order valence-electron chi connectivity index (χ4n) is 5.03. The van der Waals surface area contributed by atoms with Crippen molar-refractivity contribution in [1.29, 1.82) is 0 Å². The van der Waals surface area contributed by atoms with Gasteiger partial charge in [0.05, 0.1) is 0 Å². The molecule has 1 aliphatic heterocycles. The molecule has 33 heavy (non-hydrogen) atoms. The van der Waals surface area contributed by atoms with Gasteiger partial charge in [0.1, 0.15) is 6.04 Å². The third-order valence-corrected chi connectivity index (χ3v) is 6.82. The van der Waals surface area contributed by atoms with Gasteiger partial charge in [-0.05, 0) is 40.9 Å². The number of carbonyl (C=O) groups is 1. The molecule has 0 spiro atoms. The third-order valence-electron chi connectivity index (χ3n) is 6.82. The lowest BCUT2D eigenvalue weighted by Gasteiger charge is -2.38. The van der Waals surface area contributed by atoms with Crippen LogP contribution in [0.3, 0.4) is 0 Å². The number of fused-ring (bicyclic) bond motifs is 1. The molecule has 1 aliphatic carbocycles. The van der Waals surface area contributed by atoms with Crippen LogP contribution in [0.5, 0.6) is 0 Å². The number of Topliss-reactive ketones (excluding diaryl/α,β-unsaturated/α-hetero) is 1. The van der Waals surface area contributed by atoms with Gasteiger partial charge in [0.15, 0.2) is 11.6 Å². The summed E-state index contributed by atoms with van der Waals surface area (Å²) in [4.78, 5) is 18.3. The Labute approximate surface area is 195 Å². The van der Waals surface area contributed by atoms with Crippen LogP contribution in [0.2, 0.25) is 0 Å². The highest BCUT2D eigenvalue weighted by Gasteiger charge is 2.42. The van der Waals surface area contributed by atoms with Gasteiger partial charge in [-0.3, -0.25) is 4.79 Å². The van der Waals surface area contributed by atoms with Crippen molar-refractivity contribution >= 4 is 11.7 Å². The van der Waals surface area contributed by atoms with Crippen molar-refractivity contribution in [1.82, 2.24) is 14.8 Å². The van der Waals surface area contributed by atoms with E-state index in [0.717, 1.165) is 34.4 Å². The van der Waals surface area contributed by atoms with Crippen molar-refractivity contribution < 1.29 is 4.79 Å². The van der Waals surface area contributed by atoms with E-state index >= 15 is 0 Å². The molecule has 5 heteroatoms. The number of hydrogen-bond donors (Lipinski definition) is 1. The predicted octanol–water partition coefficient (Wildman–Crippen LogP) is 6.21. The summed E-state index contributed by atoms with van der Waals surface area (Å²) in [5.74, 6) is 1.56. The molecule has 0 fully saturated rings. The van der Waals surface area contributed by atoms with Gasteiger partial charge < -0.3 is 5.32 Å². The second-order valence-corrected chi connectivity index (χ2v) is 11.2. The molecule has 5 nitrogen and oxygen atoms in total. The standard InChI is InChI=1S/C28H32N4O/c1-17-9-7-8-10-20(17)24-23-21(15-28(5,6)16-22(23)33)29-26-30-25(31-32(24)26)18-11-13-19(14-12-18)27(2,3)4/h7-14,24H,15-16H2,1-6H3,(H,29,30,31)/t24-/m1/s1. The SMILES string of the molecule is Cc1ccccc1[C@@H]1C2=C(CC(C)(C)CC2=O)Nc2nc(-c3ccc(C(C)(C)C)cc3)nn21. The van der Waals surface area contributed by atoms with Crippen molar-refractivity contribution in [3.8, 4) is 11.4 Å². The molecule has 0 saturated heterocycles. The fourth-order valence-corrected chi connectivity index (χ4v) is 5.03. The molecule has 0 bridgehead atoms. The Bertz CT molecular complexity index is 1270. The summed E-state index contributed by atoms with van der Waals surface area (Å²) in [6.45, 7) is 13.0. The first-order valence-electron chi connectivity index (χ1n) is 11.7. The van der Waals surface area contributed by atoms with Gasteiger partial charge in [-0.25, -0.2) is 4.68 Å². The van der Waals surface area contributed by atoms with Gasteiger partial charge in [-0.2, -0.15) is 4.98 Å². The number of aryl methyl sites for hydroxylation is 1. The lowest BCUT2D eigenvalue weighted by Crippen LogP contribution is -2.36. The summed E-state index contributed by atoms with van der Waals surface area (Å²) in [6, 6.07) is 16.5. The topological polar surface area (TPSA) is 59.8 Å². The van der Waals surface area contributed by atoms with Gasteiger partial charge in [-0.1, -0.05) is 83.1 Å². The summed E-state index contributed by atoms with van der Waals surface area (Å²) < 4.78 is 1.91. The Hall–Kier alpha value is -3.21. The van der Waals surface area contributed by atoms with E-state index in [1.807, 2.05) is 16.8 Å². The number of nitrogens with one attached hydrogen (secondary N) is 1. The van der Waals surface area contributed by atoms with E-state index in [1.165, 1.54) is 5.56 Å². The van der Waals surface area contributed by atoms with Crippen LogP contribution in [0, 0.1) is 12.3 Å². The van der Waals surface area contributed by atoms with Crippen LogP contribution in [0.15, 0.2) is 59.8 Å². The van der Waals surface area contributed by atoms with Crippen LogP contribution in [-0.4, -0.2) is 20.5 Å². The first-order valence-corrected chi connectivity index (χ1v) is 11.7. The smallest absolute Gasteiger partial charge is 0.226 e. The molecule has 0 saturated carbocycles. The number of ketones is 1. The van der Waals surface area contributed by atoms with Gasteiger partial charge in [0.2, 0.25) is 5.95 Å². The first kappa shape index (κ1) is 21.6. The van der Waals surface area contributed by atoms with Gasteiger partial charge in [-0.15, -0.1) is 5.10 Å². The maximum atomic E-state index is 13.4. The van der Waals surface area contributed by atoms with E-state index in [2.05, 4.69) is 83.3 Å². The van der Waals surface area contributed by atoms with Crippen LogP contribution in [0.1, 0.15) is 70.2 Å². The number of rotatable bonds is 2. The molecule has 0 unspecified atom stereocenters. The average Bonchev–Trinajstić information content (AvgIpc) is 3.15. The van der Waals surface area contributed by atoms with E-state index in [-0.39, 0.29) is 22.7 Å². The molecule has 3 aromatic rings. The Morgan fingerprint density at radius 1 is 1.03 bits per heavy atom. The summed E-state index contributed by atoms with van der Waals surface area (Å²) in [6.07, 6.45) is 1.36. The number of anilines is 1. The van der Waals surface area contributed by atoms with Crippen molar-refractivity contribution in [2.24, 2.45) is 5.41 Å². The van der Waals surface area contributed by atoms with Crippen LogP contribution in [0.4, 0.5) is 5.95 Å². The normalized spacial score (nSPS) is 19.7. The number of benzene rings is 2. The monoisotopic (exact) mass is 440 g/mol. The van der Waals surface area contributed by atoms with E-state index in [0.29, 0.717) is 18.2 Å². The lowest BCUT2D eigenvalue weighted by molar-refractivity contribution is -0.118. The molecule has 2 aromatic carbocycles. The highest BCUT2D eigenvalue weighted by molar-refractivity contribution is 6.00. The highest BCUT2D eigenvalue weighted by atomic mass is 16.1. The quantitative estimate of drug-likeness (QED) is 0.515. The molecule has 1 N–H and O–H groups in total. The molecule has 170 valence electrons. The highest BCUT2D eigenvalue weighted by Crippen LogP contribution is 2.46. The van der Waals surface area contributed by atoms with Crippen molar-refractivity contribution in [3.05, 3.63) is 76.5 Å². The number of carbonyl (C=O) groups excluding carboxylic acids is 1. The zero-order valence-corrected chi connectivity index (χ0v) is 20.4. The molecule has 2 aliphatic rings.